The Bertz CT molecular complexity index is 376. The van der Waals surface area contributed by atoms with E-state index in [0.717, 1.165) is 6.42 Å². The molecule has 0 saturated carbocycles. The molecule has 1 fully saturated rings. The molecule has 17 heavy (non-hydrogen) atoms. The molecule has 1 saturated heterocycles. The van der Waals surface area contributed by atoms with Crippen molar-refractivity contribution in [2.75, 3.05) is 13.2 Å². The molecule has 1 aromatic carbocycles. The van der Waals surface area contributed by atoms with Gasteiger partial charge in [-0.15, -0.1) is 6.58 Å². The van der Waals surface area contributed by atoms with Crippen molar-refractivity contribution in [3.63, 3.8) is 0 Å². The molecular formula is C15H20O2. The first kappa shape index (κ1) is 12.3. The molecule has 92 valence electrons. The van der Waals surface area contributed by atoms with Gasteiger partial charge in [-0.05, 0) is 18.9 Å². The second kappa shape index (κ2) is 5.03. The van der Waals surface area contributed by atoms with Crippen molar-refractivity contribution in [2.45, 2.75) is 32.0 Å². The third-order valence-corrected chi connectivity index (χ3v) is 3.42. The molecule has 1 unspecified atom stereocenters. The van der Waals surface area contributed by atoms with Crippen LogP contribution in [0.5, 0.6) is 0 Å². The molecule has 1 heterocycles. The van der Waals surface area contributed by atoms with Crippen LogP contribution < -0.4 is 0 Å². The van der Waals surface area contributed by atoms with E-state index in [1.54, 1.807) is 0 Å². The van der Waals surface area contributed by atoms with Gasteiger partial charge in [0.15, 0.2) is 6.29 Å². The Labute approximate surface area is 103 Å². The zero-order chi connectivity index (χ0) is 12.3. The van der Waals surface area contributed by atoms with Gasteiger partial charge in [-0.2, -0.15) is 0 Å². The third-order valence-electron chi connectivity index (χ3n) is 3.42. The van der Waals surface area contributed by atoms with E-state index in [-0.39, 0.29) is 11.7 Å². The van der Waals surface area contributed by atoms with Gasteiger partial charge in [-0.1, -0.05) is 42.8 Å². The summed E-state index contributed by atoms with van der Waals surface area (Å²) in [4.78, 5) is 0. The van der Waals surface area contributed by atoms with Crippen LogP contribution in [0, 0.1) is 6.92 Å². The maximum Gasteiger partial charge on any atom is 0.167 e. The molecule has 0 aliphatic carbocycles. The maximum absolute atomic E-state index is 5.69. The predicted octanol–water partition coefficient (Wildman–Crippen LogP) is 3.20. The minimum Gasteiger partial charge on any atom is -0.349 e. The van der Waals surface area contributed by atoms with E-state index in [0.29, 0.717) is 13.2 Å². The van der Waals surface area contributed by atoms with Crippen LogP contribution in [0.4, 0.5) is 0 Å². The van der Waals surface area contributed by atoms with Crippen LogP contribution in [0.15, 0.2) is 36.9 Å². The van der Waals surface area contributed by atoms with E-state index in [2.05, 4.69) is 44.7 Å². The Morgan fingerprint density at radius 2 is 1.88 bits per heavy atom. The van der Waals surface area contributed by atoms with Gasteiger partial charge in [0, 0.05) is 5.41 Å². The molecule has 0 N–H and O–H groups in total. The van der Waals surface area contributed by atoms with Gasteiger partial charge in [0.2, 0.25) is 0 Å². The maximum atomic E-state index is 5.69. The van der Waals surface area contributed by atoms with Gasteiger partial charge in [0.1, 0.15) is 0 Å². The summed E-state index contributed by atoms with van der Waals surface area (Å²) < 4.78 is 11.4. The third kappa shape index (κ3) is 2.43. The minimum absolute atomic E-state index is 0.147. The molecule has 2 heteroatoms. The number of hydrogen-bond donors (Lipinski definition) is 0. The lowest BCUT2D eigenvalue weighted by molar-refractivity contribution is -0.0933. The summed E-state index contributed by atoms with van der Waals surface area (Å²) in [5.74, 6) is 0. The van der Waals surface area contributed by atoms with Crippen LogP contribution >= 0.6 is 0 Å². The number of aryl methyl sites for hydroxylation is 1. The average molecular weight is 232 g/mol. The van der Waals surface area contributed by atoms with Crippen molar-refractivity contribution in [3.8, 4) is 0 Å². The van der Waals surface area contributed by atoms with Gasteiger partial charge >= 0.3 is 0 Å². The monoisotopic (exact) mass is 232 g/mol. The van der Waals surface area contributed by atoms with Crippen molar-refractivity contribution in [1.29, 1.82) is 0 Å². The molecule has 1 aliphatic heterocycles. The van der Waals surface area contributed by atoms with E-state index in [1.165, 1.54) is 11.1 Å². The molecule has 0 spiro atoms. The fourth-order valence-electron chi connectivity index (χ4n) is 2.31. The minimum atomic E-state index is -0.164. The highest BCUT2D eigenvalue weighted by Crippen LogP contribution is 2.36. The van der Waals surface area contributed by atoms with Crippen LogP contribution in [0.2, 0.25) is 0 Å². The molecule has 1 aromatic rings. The molecule has 0 bridgehead atoms. The smallest absolute Gasteiger partial charge is 0.167 e. The highest BCUT2D eigenvalue weighted by atomic mass is 16.7. The first-order chi connectivity index (χ1) is 8.16. The molecular weight excluding hydrogens is 212 g/mol. The lowest BCUT2D eigenvalue weighted by atomic mass is 9.78. The molecule has 2 nitrogen and oxygen atoms in total. The van der Waals surface area contributed by atoms with Crippen LogP contribution in [0.1, 0.15) is 24.5 Å². The summed E-state index contributed by atoms with van der Waals surface area (Å²) in [6.45, 7) is 9.49. The predicted molar refractivity (Wildman–Crippen MR) is 69.0 cm³/mol. The van der Waals surface area contributed by atoms with Gasteiger partial charge in [-0.3, -0.25) is 0 Å². The Morgan fingerprint density at radius 1 is 1.29 bits per heavy atom. The fraction of sp³-hybridized carbons (Fsp3) is 0.467. The lowest BCUT2D eigenvalue weighted by Crippen LogP contribution is -2.37. The van der Waals surface area contributed by atoms with Crippen molar-refractivity contribution < 1.29 is 9.47 Å². The normalized spacial score (nSPS) is 20.1. The van der Waals surface area contributed by atoms with Crippen LogP contribution in [0.25, 0.3) is 0 Å². The summed E-state index contributed by atoms with van der Waals surface area (Å²) in [6.07, 6.45) is 2.62. The molecule has 1 atom stereocenters. The number of allylic oxidation sites excluding steroid dienone is 1. The van der Waals surface area contributed by atoms with E-state index in [4.69, 9.17) is 9.47 Å². The Morgan fingerprint density at radius 3 is 2.41 bits per heavy atom. The molecule has 0 radical (unpaired) electrons. The number of ether oxygens (including phenoxy) is 2. The van der Waals surface area contributed by atoms with Crippen LogP contribution in [-0.4, -0.2) is 19.5 Å². The summed E-state index contributed by atoms with van der Waals surface area (Å²) in [6, 6.07) is 8.57. The average Bonchev–Trinajstić information content (AvgIpc) is 2.84. The second-order valence-electron chi connectivity index (χ2n) is 4.85. The van der Waals surface area contributed by atoms with Crippen molar-refractivity contribution >= 4 is 0 Å². The van der Waals surface area contributed by atoms with E-state index >= 15 is 0 Å². The zero-order valence-corrected chi connectivity index (χ0v) is 10.6. The van der Waals surface area contributed by atoms with Gasteiger partial charge in [0.25, 0.3) is 0 Å². The summed E-state index contributed by atoms with van der Waals surface area (Å²) in [5.41, 5.74) is 2.37. The van der Waals surface area contributed by atoms with Crippen molar-refractivity contribution in [3.05, 3.63) is 48.0 Å². The zero-order valence-electron chi connectivity index (χ0n) is 10.6. The molecule has 2 rings (SSSR count). The van der Waals surface area contributed by atoms with Gasteiger partial charge in [-0.25, -0.2) is 0 Å². The number of rotatable bonds is 4. The largest absolute Gasteiger partial charge is 0.349 e. The second-order valence-corrected chi connectivity index (χ2v) is 4.85. The first-order valence-electron chi connectivity index (χ1n) is 6.08. The Kier molecular flexibility index (Phi) is 3.65. The molecule has 0 amide bonds. The van der Waals surface area contributed by atoms with Crippen LogP contribution in [-0.2, 0) is 14.9 Å². The van der Waals surface area contributed by atoms with E-state index < -0.39 is 0 Å². The number of benzene rings is 1. The first-order valence-corrected chi connectivity index (χ1v) is 6.08. The summed E-state index contributed by atoms with van der Waals surface area (Å²) in [5, 5.41) is 0. The van der Waals surface area contributed by atoms with Gasteiger partial charge in [0.05, 0.1) is 13.2 Å². The highest BCUT2D eigenvalue weighted by Gasteiger charge is 2.38. The standard InChI is InChI=1S/C15H20O2/c1-4-9-15(3,14-16-10-11-17-14)13-7-5-12(2)6-8-13/h4-8,14H,1,9-11H2,2-3H3. The van der Waals surface area contributed by atoms with Crippen LogP contribution in [0.3, 0.4) is 0 Å². The topological polar surface area (TPSA) is 18.5 Å². The van der Waals surface area contributed by atoms with Crippen molar-refractivity contribution in [1.82, 2.24) is 0 Å². The number of hydrogen-bond acceptors (Lipinski definition) is 2. The van der Waals surface area contributed by atoms with E-state index in [9.17, 15) is 0 Å². The van der Waals surface area contributed by atoms with Gasteiger partial charge < -0.3 is 9.47 Å². The lowest BCUT2D eigenvalue weighted by Gasteiger charge is -2.33. The summed E-state index contributed by atoms with van der Waals surface area (Å²) >= 11 is 0. The van der Waals surface area contributed by atoms with Crippen molar-refractivity contribution in [2.24, 2.45) is 0 Å². The summed E-state index contributed by atoms with van der Waals surface area (Å²) in [7, 11) is 0. The van der Waals surface area contributed by atoms with E-state index in [1.807, 2.05) is 6.08 Å². The Hall–Kier alpha value is -1.12. The highest BCUT2D eigenvalue weighted by molar-refractivity contribution is 5.29. The quantitative estimate of drug-likeness (QED) is 0.742. The SMILES string of the molecule is C=CCC(C)(c1ccc(C)cc1)C1OCCO1. The molecule has 1 aliphatic rings. The Balaban J connectivity index is 2.31. The molecule has 0 aromatic heterocycles. The fourth-order valence-corrected chi connectivity index (χ4v) is 2.31.